The maximum atomic E-state index is 4.62. The minimum Gasteiger partial charge on any atom is -0.327 e. The van der Waals surface area contributed by atoms with Crippen LogP contribution in [0.4, 0.5) is 11.4 Å². The molecule has 0 aliphatic heterocycles. The lowest BCUT2D eigenvalue weighted by Crippen LogP contribution is -2.08. The van der Waals surface area contributed by atoms with Crippen molar-refractivity contribution >= 4 is 34.0 Å². The quantitative estimate of drug-likeness (QED) is 0.377. The number of aryl methyl sites for hydroxylation is 6. The van der Waals surface area contributed by atoms with Gasteiger partial charge in [0.25, 0.3) is 0 Å². The number of thiazole rings is 2. The molecule has 0 N–H and O–H groups in total. The average Bonchev–Trinajstić information content (AvgIpc) is 3.28. The Kier molecular flexibility index (Phi) is 7.24. The minimum absolute atomic E-state index is 1.03. The largest absolute Gasteiger partial charge is 0.327 e. The van der Waals surface area contributed by atoms with Crippen LogP contribution in [-0.4, -0.2) is 9.13 Å². The number of hydrogen-bond donors (Lipinski definition) is 0. The molecule has 4 aromatic rings. The maximum absolute atomic E-state index is 4.62. The molecule has 0 atom stereocenters. The summed E-state index contributed by atoms with van der Waals surface area (Å²) in [4.78, 5) is 11.3. The second kappa shape index (κ2) is 9.87. The molecule has 0 unspecified atom stereocenters. The number of hydrogen-bond acceptors (Lipinski definition) is 4. The van der Waals surface area contributed by atoms with Crippen LogP contribution in [0.3, 0.4) is 0 Å². The summed E-state index contributed by atoms with van der Waals surface area (Å²) in [6.07, 6.45) is 4.04. The van der Waals surface area contributed by atoms with Crippen molar-refractivity contribution in [2.24, 2.45) is 24.1 Å². The highest BCUT2D eigenvalue weighted by molar-refractivity contribution is 7.07. The van der Waals surface area contributed by atoms with Gasteiger partial charge in [-0.05, 0) is 51.0 Å². The van der Waals surface area contributed by atoms with Crippen LogP contribution in [0.15, 0.2) is 69.5 Å². The van der Waals surface area contributed by atoms with Gasteiger partial charge in [0, 0.05) is 37.2 Å². The van der Waals surface area contributed by atoms with Gasteiger partial charge in [0.05, 0.1) is 11.4 Å². The van der Waals surface area contributed by atoms with Crippen molar-refractivity contribution in [3.8, 4) is 0 Å². The lowest BCUT2D eigenvalue weighted by molar-refractivity contribution is 0.873. The number of aromatic nitrogens is 2. The van der Waals surface area contributed by atoms with Crippen LogP contribution in [0.2, 0.25) is 0 Å². The Bertz CT molecular complexity index is 1170. The van der Waals surface area contributed by atoms with Crippen LogP contribution in [-0.2, 0) is 14.1 Å². The Morgan fingerprint density at radius 2 is 1.03 bits per heavy atom. The second-order valence-electron chi connectivity index (χ2n) is 7.40. The monoisotopic (exact) mass is 436 g/mol. The SMILES string of the molecule is Cc1ccc(/N=c2\sccn2C)c(C)c1.Cc1ccc(/N=c2\sccn2C)c(C)c1. The third kappa shape index (κ3) is 5.68. The molecular formula is C24H28N4S2. The number of rotatable bonds is 2. The van der Waals surface area contributed by atoms with E-state index >= 15 is 0 Å². The molecule has 4 rings (SSSR count). The highest BCUT2D eigenvalue weighted by Gasteiger charge is 1.98. The first-order valence-corrected chi connectivity index (χ1v) is 11.5. The van der Waals surface area contributed by atoms with E-state index in [0.29, 0.717) is 0 Å². The van der Waals surface area contributed by atoms with Crippen molar-refractivity contribution in [2.45, 2.75) is 27.7 Å². The minimum atomic E-state index is 1.03. The zero-order chi connectivity index (χ0) is 21.7. The molecule has 4 nitrogen and oxygen atoms in total. The molecule has 6 heteroatoms. The summed E-state index contributed by atoms with van der Waals surface area (Å²) in [5.41, 5.74) is 7.12. The first kappa shape index (κ1) is 22.0. The van der Waals surface area contributed by atoms with Gasteiger partial charge in [0.2, 0.25) is 0 Å². The summed E-state index contributed by atoms with van der Waals surface area (Å²) >= 11 is 3.31. The fraction of sp³-hybridized carbons (Fsp3) is 0.250. The number of benzene rings is 2. The molecule has 0 aliphatic rings. The third-order valence-electron chi connectivity index (χ3n) is 4.66. The van der Waals surface area contributed by atoms with E-state index in [4.69, 9.17) is 0 Å². The molecule has 0 radical (unpaired) electrons. The fourth-order valence-electron chi connectivity index (χ4n) is 2.94. The smallest absolute Gasteiger partial charge is 0.189 e. The van der Waals surface area contributed by atoms with Crippen LogP contribution in [0.25, 0.3) is 0 Å². The molecule has 0 bridgehead atoms. The maximum Gasteiger partial charge on any atom is 0.189 e. The van der Waals surface area contributed by atoms with Gasteiger partial charge in [-0.1, -0.05) is 35.4 Å². The van der Waals surface area contributed by atoms with Gasteiger partial charge in [0.1, 0.15) is 0 Å². The molecule has 30 heavy (non-hydrogen) atoms. The van der Waals surface area contributed by atoms with Crippen LogP contribution < -0.4 is 9.60 Å². The zero-order valence-corrected chi connectivity index (χ0v) is 20.0. The first-order valence-electron chi connectivity index (χ1n) is 9.77. The Hall–Kier alpha value is -2.70. The summed E-state index contributed by atoms with van der Waals surface area (Å²) in [6.45, 7) is 8.39. The molecule has 0 amide bonds. The van der Waals surface area contributed by atoms with Gasteiger partial charge >= 0.3 is 0 Å². The second-order valence-corrected chi connectivity index (χ2v) is 9.14. The van der Waals surface area contributed by atoms with E-state index in [2.05, 4.69) is 74.1 Å². The van der Waals surface area contributed by atoms with E-state index in [-0.39, 0.29) is 0 Å². The van der Waals surface area contributed by atoms with Crippen LogP contribution in [0, 0.1) is 27.7 Å². The summed E-state index contributed by atoms with van der Waals surface area (Å²) in [5, 5.41) is 4.09. The van der Waals surface area contributed by atoms with Crippen molar-refractivity contribution in [3.63, 3.8) is 0 Å². The van der Waals surface area contributed by atoms with Crippen molar-refractivity contribution in [1.29, 1.82) is 0 Å². The van der Waals surface area contributed by atoms with Crippen molar-refractivity contribution < 1.29 is 0 Å². The highest BCUT2D eigenvalue weighted by Crippen LogP contribution is 2.19. The Labute approximate surface area is 186 Å². The lowest BCUT2D eigenvalue weighted by atomic mass is 10.1. The Balaban J connectivity index is 0.000000171. The van der Waals surface area contributed by atoms with E-state index in [9.17, 15) is 0 Å². The predicted molar refractivity (Wildman–Crippen MR) is 129 cm³/mol. The summed E-state index contributed by atoms with van der Waals surface area (Å²) in [7, 11) is 4.03. The topological polar surface area (TPSA) is 34.6 Å². The van der Waals surface area contributed by atoms with E-state index in [1.165, 1.54) is 22.3 Å². The van der Waals surface area contributed by atoms with Crippen molar-refractivity contribution in [3.05, 3.63) is 91.4 Å². The van der Waals surface area contributed by atoms with Crippen LogP contribution in [0.1, 0.15) is 22.3 Å². The van der Waals surface area contributed by atoms with Crippen LogP contribution in [0.5, 0.6) is 0 Å². The zero-order valence-electron chi connectivity index (χ0n) is 18.4. The Morgan fingerprint density at radius 3 is 1.33 bits per heavy atom. The van der Waals surface area contributed by atoms with E-state index in [1.54, 1.807) is 22.7 Å². The molecule has 2 aromatic carbocycles. The van der Waals surface area contributed by atoms with E-state index < -0.39 is 0 Å². The summed E-state index contributed by atoms with van der Waals surface area (Å²) in [6, 6.07) is 12.7. The van der Waals surface area contributed by atoms with Gasteiger partial charge < -0.3 is 9.13 Å². The van der Waals surface area contributed by atoms with Crippen LogP contribution >= 0.6 is 22.7 Å². The molecule has 156 valence electrons. The van der Waals surface area contributed by atoms with Gasteiger partial charge in [-0.2, -0.15) is 0 Å². The highest BCUT2D eigenvalue weighted by atomic mass is 32.1. The predicted octanol–water partition coefficient (Wildman–Crippen LogP) is 5.87. The first-order chi connectivity index (χ1) is 14.3. The van der Waals surface area contributed by atoms with Gasteiger partial charge in [-0.3, -0.25) is 0 Å². The summed E-state index contributed by atoms with van der Waals surface area (Å²) < 4.78 is 4.06. The third-order valence-corrected chi connectivity index (χ3v) is 6.35. The standard InChI is InChI=1S/2C12H14N2S/c2*1-9-4-5-11(10(2)8-9)13-12-14(3)6-7-15-12/h2*4-8H,1-3H3/b2*13-12-. The molecule has 0 aliphatic carbocycles. The van der Waals surface area contributed by atoms with Crippen molar-refractivity contribution in [1.82, 2.24) is 9.13 Å². The van der Waals surface area contributed by atoms with Gasteiger partial charge in [-0.25, -0.2) is 9.98 Å². The normalized spacial score (nSPS) is 12.1. The molecule has 0 saturated carbocycles. The van der Waals surface area contributed by atoms with E-state index in [1.807, 2.05) is 46.4 Å². The van der Waals surface area contributed by atoms with Gasteiger partial charge in [0.15, 0.2) is 9.60 Å². The average molecular weight is 437 g/mol. The molecule has 2 aromatic heterocycles. The van der Waals surface area contributed by atoms with Gasteiger partial charge in [-0.15, -0.1) is 22.7 Å². The molecule has 0 fully saturated rings. The summed E-state index contributed by atoms with van der Waals surface area (Å²) in [5.74, 6) is 0. The molecule has 0 spiro atoms. The number of nitrogens with zero attached hydrogens (tertiary/aromatic N) is 4. The van der Waals surface area contributed by atoms with E-state index in [0.717, 1.165) is 21.0 Å². The molecule has 2 heterocycles. The molecule has 0 saturated heterocycles. The lowest BCUT2D eigenvalue weighted by Gasteiger charge is -2.00. The fourth-order valence-corrected chi connectivity index (χ4v) is 4.42. The molecular weight excluding hydrogens is 408 g/mol. The van der Waals surface area contributed by atoms with Crippen molar-refractivity contribution in [2.75, 3.05) is 0 Å². The Morgan fingerprint density at radius 1 is 0.633 bits per heavy atom.